The predicted molar refractivity (Wildman–Crippen MR) is 104 cm³/mol. The van der Waals surface area contributed by atoms with Gasteiger partial charge >= 0.3 is 5.97 Å². The lowest BCUT2D eigenvalue weighted by Gasteiger charge is -2.11. The molecule has 0 saturated carbocycles. The number of para-hydroxylation sites is 1. The van der Waals surface area contributed by atoms with Crippen LogP contribution in [0.15, 0.2) is 54.6 Å². The van der Waals surface area contributed by atoms with Crippen LogP contribution < -0.4 is 0 Å². The fourth-order valence-electron chi connectivity index (χ4n) is 3.17. The second-order valence-electron chi connectivity index (χ2n) is 6.26. The largest absolute Gasteiger partial charge is 0.462 e. The lowest BCUT2D eigenvalue weighted by atomic mass is 10.1. The van der Waals surface area contributed by atoms with Crippen molar-refractivity contribution in [3.05, 3.63) is 60.2 Å². The highest BCUT2D eigenvalue weighted by atomic mass is 16.5. The first-order chi connectivity index (χ1) is 13.0. The summed E-state index contributed by atoms with van der Waals surface area (Å²) in [6.07, 6.45) is 0.240. The zero-order valence-corrected chi connectivity index (χ0v) is 15.4. The van der Waals surface area contributed by atoms with Crippen molar-refractivity contribution >= 4 is 28.6 Å². The van der Waals surface area contributed by atoms with Crippen molar-refractivity contribution in [1.82, 2.24) is 4.57 Å². The summed E-state index contributed by atoms with van der Waals surface area (Å²) >= 11 is 0. The molecule has 5 heteroatoms. The lowest BCUT2D eigenvalue weighted by molar-refractivity contribution is -0.117. The minimum atomic E-state index is -0.467. The molecule has 0 unspecified atom stereocenters. The Labute approximate surface area is 157 Å². The number of rotatable bonds is 6. The second-order valence-corrected chi connectivity index (χ2v) is 6.26. The van der Waals surface area contributed by atoms with Crippen LogP contribution in [-0.2, 0) is 9.53 Å². The van der Waals surface area contributed by atoms with E-state index in [1.807, 2.05) is 48.5 Å². The fraction of sp³-hybridized carbons (Fsp3) is 0.227. The number of ether oxygens (including phenoxy) is 1. The molecule has 0 amide bonds. The van der Waals surface area contributed by atoms with Gasteiger partial charge in [0.2, 0.25) is 5.91 Å². The molecule has 3 aromatic rings. The molecule has 3 rings (SSSR count). The highest BCUT2D eigenvalue weighted by Crippen LogP contribution is 2.34. The minimum Gasteiger partial charge on any atom is -0.462 e. The predicted octanol–water partition coefficient (Wildman–Crippen LogP) is 4.49. The average Bonchev–Trinajstić information content (AvgIpc) is 3.02. The Morgan fingerprint density at radius 2 is 1.59 bits per heavy atom. The number of Topliss-reactive ketones (excluding diaryl/α,β-unsaturated/α-hetero) is 1. The van der Waals surface area contributed by atoms with Crippen molar-refractivity contribution in [2.75, 3.05) is 6.61 Å². The molecule has 0 bridgehead atoms. The third kappa shape index (κ3) is 3.67. The van der Waals surface area contributed by atoms with Gasteiger partial charge in [-0.1, -0.05) is 48.5 Å². The molecule has 1 heterocycles. The third-order valence-corrected chi connectivity index (χ3v) is 4.34. The van der Waals surface area contributed by atoms with Gasteiger partial charge in [-0.3, -0.25) is 9.36 Å². The number of hydrogen-bond acceptors (Lipinski definition) is 4. The summed E-state index contributed by atoms with van der Waals surface area (Å²) in [7, 11) is 0. The van der Waals surface area contributed by atoms with Crippen LogP contribution in [0, 0.1) is 0 Å². The molecule has 0 aliphatic heterocycles. The maximum absolute atomic E-state index is 13.0. The summed E-state index contributed by atoms with van der Waals surface area (Å²) in [6.45, 7) is 3.45. The average molecular weight is 363 g/mol. The van der Waals surface area contributed by atoms with Crippen LogP contribution in [0.2, 0.25) is 0 Å². The number of carbonyl (C=O) groups is 3. The molecule has 5 nitrogen and oxygen atoms in total. The van der Waals surface area contributed by atoms with E-state index in [9.17, 15) is 14.4 Å². The Morgan fingerprint density at radius 3 is 2.26 bits per heavy atom. The van der Waals surface area contributed by atoms with Gasteiger partial charge < -0.3 is 9.53 Å². The SMILES string of the molecule is CCOC(=O)c1c(-c2ccccc2)n(C(=O)CCC(C)=O)c2ccccc12. The number of aromatic nitrogens is 1. The summed E-state index contributed by atoms with van der Waals surface area (Å²) in [5, 5.41) is 0.658. The number of fused-ring (bicyclic) bond motifs is 1. The van der Waals surface area contributed by atoms with Crippen molar-refractivity contribution in [2.24, 2.45) is 0 Å². The van der Waals surface area contributed by atoms with Crippen LogP contribution in [0.4, 0.5) is 0 Å². The molecule has 0 saturated heterocycles. The van der Waals surface area contributed by atoms with Crippen molar-refractivity contribution in [2.45, 2.75) is 26.7 Å². The molecule has 0 fully saturated rings. The van der Waals surface area contributed by atoms with Crippen LogP contribution >= 0.6 is 0 Å². The van der Waals surface area contributed by atoms with Crippen LogP contribution in [0.5, 0.6) is 0 Å². The summed E-state index contributed by atoms with van der Waals surface area (Å²) in [4.78, 5) is 37.1. The summed E-state index contributed by atoms with van der Waals surface area (Å²) in [5.74, 6) is -0.742. The zero-order chi connectivity index (χ0) is 19.4. The topological polar surface area (TPSA) is 65.4 Å². The third-order valence-electron chi connectivity index (χ3n) is 4.34. The zero-order valence-electron chi connectivity index (χ0n) is 15.4. The van der Waals surface area contributed by atoms with E-state index in [0.717, 1.165) is 5.56 Å². The van der Waals surface area contributed by atoms with Gasteiger partial charge in [0.15, 0.2) is 0 Å². The maximum atomic E-state index is 13.0. The van der Waals surface area contributed by atoms with Crippen LogP contribution in [0.3, 0.4) is 0 Å². The van der Waals surface area contributed by atoms with Gasteiger partial charge in [0.1, 0.15) is 5.78 Å². The Morgan fingerprint density at radius 1 is 0.926 bits per heavy atom. The van der Waals surface area contributed by atoms with Gasteiger partial charge in [-0.15, -0.1) is 0 Å². The lowest BCUT2D eigenvalue weighted by Crippen LogP contribution is -2.14. The van der Waals surface area contributed by atoms with Crippen molar-refractivity contribution in [3.8, 4) is 11.3 Å². The van der Waals surface area contributed by atoms with Crippen molar-refractivity contribution < 1.29 is 19.1 Å². The normalized spacial score (nSPS) is 10.7. The Hall–Kier alpha value is -3.21. The van der Waals surface area contributed by atoms with Crippen molar-refractivity contribution in [3.63, 3.8) is 0 Å². The Balaban J connectivity index is 2.30. The van der Waals surface area contributed by atoms with Gasteiger partial charge in [0.05, 0.1) is 23.4 Å². The maximum Gasteiger partial charge on any atom is 0.340 e. The van der Waals surface area contributed by atoms with E-state index in [2.05, 4.69) is 0 Å². The van der Waals surface area contributed by atoms with E-state index in [4.69, 9.17) is 4.74 Å². The molecule has 0 radical (unpaired) electrons. The van der Waals surface area contributed by atoms with Crippen molar-refractivity contribution in [1.29, 1.82) is 0 Å². The van der Waals surface area contributed by atoms with E-state index in [0.29, 0.717) is 22.2 Å². The molecule has 0 aliphatic carbocycles. The first kappa shape index (κ1) is 18.6. The first-order valence-corrected chi connectivity index (χ1v) is 8.93. The van der Waals surface area contributed by atoms with Crippen LogP contribution in [-0.4, -0.2) is 28.8 Å². The summed E-state index contributed by atoms with van der Waals surface area (Å²) in [6, 6.07) is 16.5. The molecule has 27 heavy (non-hydrogen) atoms. The molecular weight excluding hydrogens is 342 g/mol. The van der Waals surface area contributed by atoms with Gasteiger partial charge in [0.25, 0.3) is 0 Å². The monoisotopic (exact) mass is 363 g/mol. The number of hydrogen-bond donors (Lipinski definition) is 0. The molecule has 2 aromatic carbocycles. The molecule has 1 aromatic heterocycles. The molecule has 0 N–H and O–H groups in total. The molecule has 0 aliphatic rings. The van der Waals surface area contributed by atoms with Gasteiger partial charge in [-0.2, -0.15) is 0 Å². The Kier molecular flexibility index (Phi) is 5.50. The molecule has 138 valence electrons. The smallest absolute Gasteiger partial charge is 0.340 e. The van der Waals surface area contributed by atoms with Gasteiger partial charge in [-0.25, -0.2) is 4.79 Å². The van der Waals surface area contributed by atoms with E-state index in [-0.39, 0.29) is 31.1 Å². The fourth-order valence-corrected chi connectivity index (χ4v) is 3.17. The van der Waals surface area contributed by atoms with Crippen LogP contribution in [0.25, 0.3) is 22.2 Å². The number of esters is 1. The molecule has 0 atom stereocenters. The quantitative estimate of drug-likeness (QED) is 0.605. The van der Waals surface area contributed by atoms with E-state index in [1.54, 1.807) is 17.6 Å². The summed E-state index contributed by atoms with van der Waals surface area (Å²) in [5.41, 5.74) is 2.25. The number of ketones is 1. The Bertz CT molecular complexity index is 1000. The number of benzene rings is 2. The van der Waals surface area contributed by atoms with E-state index in [1.165, 1.54) is 6.92 Å². The van der Waals surface area contributed by atoms with Gasteiger partial charge in [0, 0.05) is 18.2 Å². The minimum absolute atomic E-state index is 0.0494. The van der Waals surface area contributed by atoms with E-state index >= 15 is 0 Å². The summed E-state index contributed by atoms with van der Waals surface area (Å²) < 4.78 is 6.81. The van der Waals surface area contributed by atoms with E-state index < -0.39 is 5.97 Å². The highest BCUT2D eigenvalue weighted by Gasteiger charge is 2.27. The highest BCUT2D eigenvalue weighted by molar-refractivity contribution is 6.14. The molecular formula is C22H21NO4. The first-order valence-electron chi connectivity index (χ1n) is 8.93. The standard InChI is InChI=1S/C22H21NO4/c1-3-27-22(26)20-17-11-7-8-12-18(17)23(19(25)14-13-15(2)24)21(20)16-9-5-4-6-10-16/h4-12H,3,13-14H2,1-2H3. The van der Waals surface area contributed by atoms with Gasteiger partial charge in [-0.05, 0) is 25.5 Å². The van der Waals surface area contributed by atoms with Crippen LogP contribution in [0.1, 0.15) is 41.8 Å². The second kappa shape index (κ2) is 7.99. The number of nitrogens with zero attached hydrogens (tertiary/aromatic N) is 1. The molecule has 0 spiro atoms. The number of carbonyl (C=O) groups excluding carboxylic acids is 3.